The number of ketones is 1. The molecule has 158 valence electrons. The summed E-state index contributed by atoms with van der Waals surface area (Å²) in [6.45, 7) is 1.43. The van der Waals surface area contributed by atoms with Crippen LogP contribution in [0.5, 0.6) is 0 Å². The number of halogens is 1. The molecule has 9 heteroatoms. The summed E-state index contributed by atoms with van der Waals surface area (Å²) in [5.41, 5.74) is 2.81. The van der Waals surface area contributed by atoms with Crippen LogP contribution >= 0.6 is 0 Å². The summed E-state index contributed by atoms with van der Waals surface area (Å²) in [5.74, 6) is -0.848. The minimum atomic E-state index is -0.456. The number of carbonyl (C=O) groups excluding carboxylic acids is 2. The molecule has 1 N–H and O–H groups in total. The van der Waals surface area contributed by atoms with Crippen LogP contribution in [-0.4, -0.2) is 31.4 Å². The normalized spacial score (nSPS) is 11.2. The number of para-hydroxylation sites is 1. The molecule has 0 bridgehead atoms. The van der Waals surface area contributed by atoms with E-state index in [1.165, 1.54) is 29.6 Å². The van der Waals surface area contributed by atoms with Crippen LogP contribution in [0.2, 0.25) is 0 Å². The molecule has 0 fully saturated rings. The molecule has 32 heavy (non-hydrogen) atoms. The molecule has 5 rings (SSSR count). The number of anilines is 1. The van der Waals surface area contributed by atoms with Crippen molar-refractivity contribution < 1.29 is 18.5 Å². The number of fused-ring (bicyclic) bond motifs is 2. The number of amides is 1. The van der Waals surface area contributed by atoms with Gasteiger partial charge in [-0.15, -0.1) is 5.10 Å². The van der Waals surface area contributed by atoms with Crippen molar-refractivity contribution in [1.82, 2.24) is 19.8 Å². The van der Waals surface area contributed by atoms with Gasteiger partial charge in [0.25, 0.3) is 0 Å². The van der Waals surface area contributed by atoms with Crippen molar-refractivity contribution in [2.45, 2.75) is 13.3 Å². The average Bonchev–Trinajstić information content (AvgIpc) is 3.37. The molecule has 8 nitrogen and oxygen atoms in total. The van der Waals surface area contributed by atoms with Gasteiger partial charge in [-0.25, -0.2) is 8.91 Å². The predicted octanol–water partition coefficient (Wildman–Crippen LogP) is 4.06. The van der Waals surface area contributed by atoms with E-state index in [0.717, 1.165) is 5.39 Å². The van der Waals surface area contributed by atoms with E-state index >= 15 is 0 Å². The molecule has 0 saturated carbocycles. The van der Waals surface area contributed by atoms with Crippen molar-refractivity contribution in [2.24, 2.45) is 0 Å². The molecule has 0 atom stereocenters. The van der Waals surface area contributed by atoms with E-state index in [1.807, 2.05) is 18.2 Å². The third-order valence-electron chi connectivity index (χ3n) is 5.05. The van der Waals surface area contributed by atoms with Gasteiger partial charge in [0, 0.05) is 28.3 Å². The van der Waals surface area contributed by atoms with Gasteiger partial charge in [-0.05, 0) is 49.4 Å². The Morgan fingerprint density at radius 1 is 1.12 bits per heavy atom. The summed E-state index contributed by atoms with van der Waals surface area (Å²) in [7, 11) is 0. The number of pyridine rings is 1. The van der Waals surface area contributed by atoms with Crippen LogP contribution in [0.4, 0.5) is 10.3 Å². The number of Topliss-reactive ketones (excluding diaryl/α,β-unsaturated/α-hetero) is 1. The van der Waals surface area contributed by atoms with Gasteiger partial charge in [0.1, 0.15) is 11.5 Å². The van der Waals surface area contributed by atoms with Crippen LogP contribution in [-0.2, 0) is 11.2 Å². The van der Waals surface area contributed by atoms with Gasteiger partial charge in [0.05, 0.1) is 6.42 Å². The molecule has 2 aromatic carbocycles. The Labute approximate surface area is 180 Å². The van der Waals surface area contributed by atoms with E-state index in [4.69, 9.17) is 4.52 Å². The second-order valence-corrected chi connectivity index (χ2v) is 7.26. The highest BCUT2D eigenvalue weighted by molar-refractivity contribution is 5.95. The van der Waals surface area contributed by atoms with E-state index in [0.29, 0.717) is 28.1 Å². The Hall–Kier alpha value is -4.40. The van der Waals surface area contributed by atoms with Crippen molar-refractivity contribution in [2.75, 3.05) is 5.32 Å². The van der Waals surface area contributed by atoms with Gasteiger partial charge in [-0.1, -0.05) is 17.3 Å². The maximum absolute atomic E-state index is 14.4. The van der Waals surface area contributed by atoms with Crippen LogP contribution < -0.4 is 5.32 Å². The van der Waals surface area contributed by atoms with Crippen LogP contribution in [0.25, 0.3) is 27.7 Å². The van der Waals surface area contributed by atoms with E-state index in [2.05, 4.69) is 20.6 Å². The lowest BCUT2D eigenvalue weighted by Crippen LogP contribution is -2.15. The van der Waals surface area contributed by atoms with E-state index in [-0.39, 0.29) is 29.6 Å². The standard InChI is InChI=1S/C23H16FN5O3/c1-13(30)14-6-8-18(24)17(10-14)15-7-9-21-25-23(27-29(21)12-15)26-22(31)11-19-16-4-2-3-5-20(16)32-28-19/h2-10,12H,11H2,1H3,(H,26,27,31). The third-order valence-corrected chi connectivity index (χ3v) is 5.05. The predicted molar refractivity (Wildman–Crippen MR) is 115 cm³/mol. The lowest BCUT2D eigenvalue weighted by molar-refractivity contribution is -0.115. The zero-order valence-electron chi connectivity index (χ0n) is 16.9. The van der Waals surface area contributed by atoms with Crippen molar-refractivity contribution in [1.29, 1.82) is 0 Å². The first-order valence-corrected chi connectivity index (χ1v) is 9.78. The molecule has 1 amide bonds. The quantitative estimate of drug-likeness (QED) is 0.423. The zero-order chi connectivity index (χ0) is 22.2. The van der Waals surface area contributed by atoms with Crippen LogP contribution in [0.15, 0.2) is 65.3 Å². The number of hydrogen-bond donors (Lipinski definition) is 1. The van der Waals surface area contributed by atoms with Crippen molar-refractivity contribution >= 4 is 34.3 Å². The van der Waals surface area contributed by atoms with Crippen LogP contribution in [0, 0.1) is 5.82 Å². The summed E-state index contributed by atoms with van der Waals surface area (Å²) >= 11 is 0. The first kappa shape index (κ1) is 19.6. The zero-order valence-corrected chi connectivity index (χ0v) is 16.9. The van der Waals surface area contributed by atoms with E-state index in [9.17, 15) is 14.0 Å². The highest BCUT2D eigenvalue weighted by Crippen LogP contribution is 2.25. The Morgan fingerprint density at radius 2 is 1.97 bits per heavy atom. The molecular weight excluding hydrogens is 413 g/mol. The van der Waals surface area contributed by atoms with E-state index in [1.54, 1.807) is 24.4 Å². The Balaban J connectivity index is 1.39. The van der Waals surface area contributed by atoms with Gasteiger partial charge < -0.3 is 4.52 Å². The van der Waals surface area contributed by atoms with Gasteiger partial charge in [0.15, 0.2) is 17.0 Å². The minimum Gasteiger partial charge on any atom is -0.356 e. The van der Waals surface area contributed by atoms with Crippen LogP contribution in [0.3, 0.4) is 0 Å². The fraction of sp³-hybridized carbons (Fsp3) is 0.0870. The van der Waals surface area contributed by atoms with Crippen LogP contribution in [0.1, 0.15) is 23.0 Å². The maximum Gasteiger partial charge on any atom is 0.249 e. The number of carbonyl (C=O) groups is 2. The monoisotopic (exact) mass is 429 g/mol. The average molecular weight is 429 g/mol. The molecule has 0 aliphatic carbocycles. The van der Waals surface area contributed by atoms with Gasteiger partial charge >= 0.3 is 0 Å². The minimum absolute atomic E-state index is 0.000858. The Kier molecular flexibility index (Phi) is 4.70. The molecule has 0 spiro atoms. The lowest BCUT2D eigenvalue weighted by atomic mass is 10.0. The number of hydrogen-bond acceptors (Lipinski definition) is 6. The fourth-order valence-electron chi connectivity index (χ4n) is 3.45. The summed E-state index contributed by atoms with van der Waals surface area (Å²) in [4.78, 5) is 28.4. The number of nitrogens with zero attached hydrogens (tertiary/aromatic N) is 4. The Bertz CT molecular complexity index is 1500. The summed E-state index contributed by atoms with van der Waals surface area (Å²) in [6, 6.07) is 14.8. The van der Waals surface area contributed by atoms with Crippen molar-refractivity contribution in [3.8, 4) is 11.1 Å². The SMILES string of the molecule is CC(=O)c1ccc(F)c(-c2ccc3nc(NC(=O)Cc4noc5ccccc45)nn3c2)c1. The molecule has 0 saturated heterocycles. The Morgan fingerprint density at radius 3 is 2.81 bits per heavy atom. The maximum atomic E-state index is 14.4. The summed E-state index contributed by atoms with van der Waals surface area (Å²) < 4.78 is 21.0. The first-order chi connectivity index (χ1) is 15.5. The van der Waals surface area contributed by atoms with Crippen molar-refractivity contribution in [3.05, 3.63) is 77.9 Å². The molecule has 3 heterocycles. The molecular formula is C23H16FN5O3. The lowest BCUT2D eigenvalue weighted by Gasteiger charge is -2.05. The highest BCUT2D eigenvalue weighted by atomic mass is 19.1. The van der Waals surface area contributed by atoms with E-state index < -0.39 is 5.82 Å². The highest BCUT2D eigenvalue weighted by Gasteiger charge is 2.15. The van der Waals surface area contributed by atoms with Gasteiger partial charge in [-0.3, -0.25) is 14.9 Å². The second kappa shape index (κ2) is 7.69. The smallest absolute Gasteiger partial charge is 0.249 e. The molecule has 0 unspecified atom stereocenters. The molecule has 0 aliphatic rings. The number of nitrogens with one attached hydrogen (secondary N) is 1. The summed E-state index contributed by atoms with van der Waals surface area (Å²) in [5, 5.41) is 11.6. The molecule has 5 aromatic rings. The first-order valence-electron chi connectivity index (χ1n) is 9.78. The molecule has 3 aromatic heterocycles. The number of rotatable bonds is 5. The molecule has 0 radical (unpaired) electrons. The number of aromatic nitrogens is 4. The summed E-state index contributed by atoms with van der Waals surface area (Å²) in [6.07, 6.45) is 1.59. The topological polar surface area (TPSA) is 102 Å². The van der Waals surface area contributed by atoms with Gasteiger partial charge in [0.2, 0.25) is 11.9 Å². The number of benzene rings is 2. The largest absolute Gasteiger partial charge is 0.356 e. The molecule has 0 aliphatic heterocycles. The third kappa shape index (κ3) is 3.60. The fourth-order valence-corrected chi connectivity index (χ4v) is 3.45. The second-order valence-electron chi connectivity index (χ2n) is 7.26. The van der Waals surface area contributed by atoms with Gasteiger partial charge in [-0.2, -0.15) is 4.98 Å². The van der Waals surface area contributed by atoms with Crippen molar-refractivity contribution in [3.63, 3.8) is 0 Å².